The van der Waals surface area contributed by atoms with Crippen LogP contribution in [0.15, 0.2) is 81.4 Å². The minimum Gasteiger partial charge on any atom is -0.493 e. The van der Waals surface area contributed by atoms with Crippen molar-refractivity contribution in [3.05, 3.63) is 89.0 Å². The van der Waals surface area contributed by atoms with Crippen LogP contribution in [0.5, 0.6) is 5.75 Å². The Morgan fingerprint density at radius 1 is 1.06 bits per heavy atom. The summed E-state index contributed by atoms with van der Waals surface area (Å²) < 4.78 is 25.0. The second-order valence-corrected chi connectivity index (χ2v) is 7.84. The molecule has 8 heteroatoms. The van der Waals surface area contributed by atoms with Crippen molar-refractivity contribution >= 4 is 23.4 Å². The maximum atomic E-state index is 13.3. The van der Waals surface area contributed by atoms with Crippen LogP contribution in [0.25, 0.3) is 11.5 Å². The zero-order valence-electron chi connectivity index (χ0n) is 16.1. The lowest BCUT2D eigenvalue weighted by atomic mass is 10.2. The molecule has 4 rings (SSSR count). The number of rotatable bonds is 7. The minimum atomic E-state index is -0.327. The van der Waals surface area contributed by atoms with E-state index in [9.17, 15) is 4.39 Å². The monoisotopic (exact) mass is 451 g/mol. The summed E-state index contributed by atoms with van der Waals surface area (Å²) in [5.74, 6) is 0.728. The molecule has 0 saturated heterocycles. The molecule has 2 aromatic carbocycles. The summed E-state index contributed by atoms with van der Waals surface area (Å²) in [7, 11) is 0. The first kappa shape index (κ1) is 20.9. The highest BCUT2D eigenvalue weighted by molar-refractivity contribution is 7.99. The number of aromatic nitrogens is 2. The molecule has 0 aliphatic rings. The van der Waals surface area contributed by atoms with E-state index < -0.39 is 0 Å². The quantitative estimate of drug-likeness (QED) is 0.334. The Balaban J connectivity index is 1.53. The van der Waals surface area contributed by atoms with Crippen molar-refractivity contribution in [2.24, 2.45) is 0 Å². The Bertz CT molecular complexity index is 1200. The molecule has 5 nitrogen and oxygen atoms in total. The molecular formula is C23H15ClFN3O2S. The average Bonchev–Trinajstić information content (AvgIpc) is 3.19. The molecule has 31 heavy (non-hydrogen) atoms. The highest BCUT2D eigenvalue weighted by Gasteiger charge is 2.17. The Kier molecular flexibility index (Phi) is 6.51. The van der Waals surface area contributed by atoms with Gasteiger partial charge in [0.1, 0.15) is 16.6 Å². The zero-order valence-corrected chi connectivity index (χ0v) is 17.7. The number of hydrogen-bond donors (Lipinski definition) is 0. The Morgan fingerprint density at radius 3 is 2.52 bits per heavy atom. The van der Waals surface area contributed by atoms with Gasteiger partial charge in [-0.1, -0.05) is 11.6 Å². The number of benzene rings is 2. The second-order valence-electron chi connectivity index (χ2n) is 6.41. The Labute approximate surface area is 187 Å². The van der Waals surface area contributed by atoms with E-state index in [0.29, 0.717) is 56.6 Å². The minimum absolute atomic E-state index is 0.327. The van der Waals surface area contributed by atoms with Gasteiger partial charge in [0.2, 0.25) is 5.89 Å². The summed E-state index contributed by atoms with van der Waals surface area (Å²) in [5.41, 5.74) is 1.95. The first-order valence-corrected chi connectivity index (χ1v) is 10.5. The van der Waals surface area contributed by atoms with E-state index in [-0.39, 0.29) is 5.82 Å². The molecular weight excluding hydrogens is 437 g/mol. The van der Waals surface area contributed by atoms with Crippen LogP contribution in [0, 0.1) is 17.1 Å². The second kappa shape index (κ2) is 9.65. The molecule has 0 atom stereocenters. The smallest absolute Gasteiger partial charge is 0.227 e. The number of nitrogens with zero attached hydrogens (tertiary/aromatic N) is 3. The summed E-state index contributed by atoms with van der Waals surface area (Å²) in [5, 5.41) is 10.7. The summed E-state index contributed by atoms with van der Waals surface area (Å²) in [4.78, 5) is 8.88. The van der Waals surface area contributed by atoms with E-state index in [1.807, 2.05) is 0 Å². The predicted octanol–water partition coefficient (Wildman–Crippen LogP) is 6.17. The van der Waals surface area contributed by atoms with Crippen LogP contribution in [0.1, 0.15) is 11.3 Å². The van der Waals surface area contributed by atoms with E-state index in [4.69, 9.17) is 26.0 Å². The van der Waals surface area contributed by atoms with Gasteiger partial charge in [-0.3, -0.25) is 0 Å². The van der Waals surface area contributed by atoms with Gasteiger partial charge in [-0.25, -0.2) is 14.4 Å². The third kappa shape index (κ3) is 5.43. The van der Waals surface area contributed by atoms with Gasteiger partial charge in [-0.05, 0) is 72.4 Å². The third-order valence-corrected chi connectivity index (χ3v) is 5.42. The standard InChI is InChI=1S/C23H15ClFN3O2S/c24-17-5-10-21(27-14-17)31-23-20(11-12-29-19-8-1-15(13-26)2-9-19)28-22(30-23)16-3-6-18(25)7-4-16/h1-10,14H,11-12H2. The maximum absolute atomic E-state index is 13.3. The van der Waals surface area contributed by atoms with Gasteiger partial charge in [0, 0.05) is 18.2 Å². The first-order valence-electron chi connectivity index (χ1n) is 9.29. The molecule has 2 aromatic heterocycles. The summed E-state index contributed by atoms with van der Waals surface area (Å²) >= 11 is 7.24. The SMILES string of the molecule is N#Cc1ccc(OCCc2nc(-c3ccc(F)cc3)oc2Sc2ccc(Cl)cn2)cc1. The van der Waals surface area contributed by atoms with Crippen LogP contribution < -0.4 is 4.74 Å². The molecule has 0 bridgehead atoms. The highest BCUT2D eigenvalue weighted by Crippen LogP contribution is 2.34. The van der Waals surface area contributed by atoms with Crippen molar-refractivity contribution in [1.29, 1.82) is 5.26 Å². The highest BCUT2D eigenvalue weighted by atomic mass is 35.5. The summed E-state index contributed by atoms with van der Waals surface area (Å²) in [6.07, 6.45) is 2.05. The van der Waals surface area contributed by atoms with E-state index in [1.54, 1.807) is 54.7 Å². The molecule has 0 aliphatic carbocycles. The fraction of sp³-hybridized carbons (Fsp3) is 0.0870. The number of halogens is 2. The molecule has 0 fully saturated rings. The van der Waals surface area contributed by atoms with Gasteiger partial charge in [-0.2, -0.15) is 5.26 Å². The number of hydrogen-bond acceptors (Lipinski definition) is 6. The number of ether oxygens (including phenoxy) is 1. The van der Waals surface area contributed by atoms with Crippen molar-refractivity contribution in [2.45, 2.75) is 16.5 Å². The fourth-order valence-electron chi connectivity index (χ4n) is 2.70. The van der Waals surface area contributed by atoms with Gasteiger partial charge in [0.15, 0.2) is 5.09 Å². The van der Waals surface area contributed by atoms with Crippen LogP contribution in [-0.4, -0.2) is 16.6 Å². The van der Waals surface area contributed by atoms with Crippen LogP contribution in [0.4, 0.5) is 4.39 Å². The van der Waals surface area contributed by atoms with Crippen molar-refractivity contribution in [3.8, 4) is 23.3 Å². The topological polar surface area (TPSA) is 71.9 Å². The lowest BCUT2D eigenvalue weighted by Crippen LogP contribution is -2.02. The number of pyridine rings is 1. The van der Waals surface area contributed by atoms with Crippen LogP contribution >= 0.6 is 23.4 Å². The number of oxazole rings is 1. The molecule has 0 unspecified atom stereocenters. The van der Waals surface area contributed by atoms with Crippen LogP contribution in [0.2, 0.25) is 5.02 Å². The molecule has 2 heterocycles. The van der Waals surface area contributed by atoms with Crippen molar-refractivity contribution in [2.75, 3.05) is 6.61 Å². The van der Waals surface area contributed by atoms with E-state index in [0.717, 1.165) is 0 Å². The largest absolute Gasteiger partial charge is 0.493 e. The van der Waals surface area contributed by atoms with Gasteiger partial charge < -0.3 is 9.15 Å². The molecule has 154 valence electrons. The normalized spacial score (nSPS) is 10.6. The molecule has 0 radical (unpaired) electrons. The fourth-order valence-corrected chi connectivity index (χ4v) is 3.63. The van der Waals surface area contributed by atoms with Crippen molar-refractivity contribution < 1.29 is 13.5 Å². The number of nitriles is 1. The molecule has 0 N–H and O–H groups in total. The van der Waals surface area contributed by atoms with Crippen LogP contribution in [0.3, 0.4) is 0 Å². The van der Waals surface area contributed by atoms with E-state index in [1.165, 1.54) is 23.9 Å². The van der Waals surface area contributed by atoms with Crippen molar-refractivity contribution in [3.63, 3.8) is 0 Å². The Morgan fingerprint density at radius 2 is 1.84 bits per heavy atom. The van der Waals surface area contributed by atoms with Gasteiger partial charge in [0.05, 0.1) is 29.0 Å². The molecule has 0 saturated carbocycles. The molecule has 0 amide bonds. The van der Waals surface area contributed by atoms with Crippen LogP contribution in [-0.2, 0) is 6.42 Å². The average molecular weight is 452 g/mol. The Hall–Kier alpha value is -3.34. The maximum Gasteiger partial charge on any atom is 0.227 e. The first-order chi connectivity index (χ1) is 15.1. The van der Waals surface area contributed by atoms with Gasteiger partial charge in [0.25, 0.3) is 0 Å². The lowest BCUT2D eigenvalue weighted by molar-refractivity contribution is 0.318. The summed E-state index contributed by atoms with van der Waals surface area (Å²) in [6.45, 7) is 0.364. The van der Waals surface area contributed by atoms with Gasteiger partial charge >= 0.3 is 0 Å². The van der Waals surface area contributed by atoms with E-state index >= 15 is 0 Å². The lowest BCUT2D eigenvalue weighted by Gasteiger charge is -2.05. The predicted molar refractivity (Wildman–Crippen MR) is 116 cm³/mol. The van der Waals surface area contributed by atoms with E-state index in [2.05, 4.69) is 16.0 Å². The summed E-state index contributed by atoms with van der Waals surface area (Å²) in [6, 6.07) is 18.5. The van der Waals surface area contributed by atoms with Crippen molar-refractivity contribution in [1.82, 2.24) is 9.97 Å². The van der Waals surface area contributed by atoms with Gasteiger partial charge in [-0.15, -0.1) is 0 Å². The molecule has 4 aromatic rings. The molecule has 0 aliphatic heterocycles. The molecule has 0 spiro atoms. The third-order valence-electron chi connectivity index (χ3n) is 4.24. The zero-order chi connectivity index (χ0) is 21.6.